The summed E-state index contributed by atoms with van der Waals surface area (Å²) in [5, 5.41) is 14.9. The van der Waals surface area contributed by atoms with Crippen LogP contribution in [-0.4, -0.2) is 100 Å². The number of carbonyl (C=O) groups excluding carboxylic acids is 2. The van der Waals surface area contributed by atoms with E-state index < -0.39 is 29.5 Å². The Morgan fingerprint density at radius 1 is 1.21 bits per heavy atom. The fourth-order valence-electron chi connectivity index (χ4n) is 5.08. The Labute approximate surface area is 274 Å². The van der Waals surface area contributed by atoms with E-state index >= 15 is 0 Å². The maximum Gasteiger partial charge on any atom is 0.434 e. The van der Waals surface area contributed by atoms with Crippen molar-refractivity contribution in [1.29, 1.82) is 0 Å². The van der Waals surface area contributed by atoms with Crippen LogP contribution in [0.2, 0.25) is 0 Å². The smallest absolute Gasteiger partial charge is 0.434 e. The largest absolute Gasteiger partial charge is 0.448 e. The van der Waals surface area contributed by atoms with E-state index in [0.717, 1.165) is 66.3 Å². The third-order valence-electron chi connectivity index (χ3n) is 7.60. The van der Waals surface area contributed by atoms with Gasteiger partial charge in [-0.3, -0.25) is 20.1 Å². The van der Waals surface area contributed by atoms with Gasteiger partial charge in [0.15, 0.2) is 11.5 Å². The van der Waals surface area contributed by atoms with Crippen molar-refractivity contribution in [3.63, 3.8) is 0 Å². The van der Waals surface area contributed by atoms with E-state index in [2.05, 4.69) is 30.3 Å². The van der Waals surface area contributed by atoms with Gasteiger partial charge in [-0.05, 0) is 51.2 Å². The van der Waals surface area contributed by atoms with Crippen LogP contribution in [0.25, 0.3) is 10.6 Å². The summed E-state index contributed by atoms with van der Waals surface area (Å²) in [5.74, 6) is -2.46. The Hall–Kier alpha value is -4.25. The van der Waals surface area contributed by atoms with Crippen molar-refractivity contribution in [2.45, 2.75) is 45.1 Å². The molecule has 0 bridgehead atoms. The Bertz CT molecular complexity index is 1620. The van der Waals surface area contributed by atoms with Crippen molar-refractivity contribution < 1.29 is 38.0 Å². The molecule has 1 aliphatic carbocycles. The van der Waals surface area contributed by atoms with Gasteiger partial charge in [-0.25, -0.2) is 19.2 Å². The molecule has 1 saturated heterocycles. The highest BCUT2D eigenvalue weighted by molar-refractivity contribution is 7.13. The molecule has 1 saturated carbocycles. The number of nitrogens with one attached hydrogen (secondary N) is 1. The minimum atomic E-state index is -0.933. The van der Waals surface area contributed by atoms with Crippen LogP contribution in [-0.2, 0) is 14.2 Å². The fourth-order valence-corrected chi connectivity index (χ4v) is 5.86. The SMILES string of the molecule is CCOC1CCC(=N/C=C(/NC(=O)c2csc(-c3cnn(C(=O)OCCCN4CCOCC4)c3)n2)C(=[NH2+])c2nc(F)ccc2F)CC1. The minimum Gasteiger partial charge on any atom is -0.448 e. The summed E-state index contributed by atoms with van der Waals surface area (Å²) in [4.78, 5) is 40.5. The molecule has 47 heavy (non-hydrogen) atoms. The topological polar surface area (TPSA) is 159 Å². The number of nitrogens with two attached hydrogens (primary N) is 1. The van der Waals surface area contributed by atoms with Crippen molar-refractivity contribution >= 4 is 34.8 Å². The van der Waals surface area contributed by atoms with E-state index in [9.17, 15) is 18.4 Å². The van der Waals surface area contributed by atoms with Gasteiger partial charge in [0.2, 0.25) is 5.95 Å². The van der Waals surface area contributed by atoms with Crippen LogP contribution in [0.3, 0.4) is 0 Å². The van der Waals surface area contributed by atoms with Gasteiger partial charge in [-0.1, -0.05) is 0 Å². The number of aromatic nitrogens is 4. The number of carbonyl (C=O) groups is 2. The van der Waals surface area contributed by atoms with E-state index in [1.54, 1.807) is 0 Å². The molecule has 0 spiro atoms. The van der Waals surface area contributed by atoms with Gasteiger partial charge < -0.3 is 19.5 Å². The number of pyridine rings is 1. The van der Waals surface area contributed by atoms with E-state index in [4.69, 9.17) is 19.6 Å². The Balaban J connectivity index is 1.24. The molecule has 250 valence electrons. The number of halogens is 2. The number of amides is 1. The minimum absolute atomic E-state index is 0.0275. The molecule has 0 aromatic carbocycles. The van der Waals surface area contributed by atoms with E-state index in [-0.39, 0.29) is 29.8 Å². The van der Waals surface area contributed by atoms with E-state index in [0.29, 0.717) is 49.7 Å². The summed E-state index contributed by atoms with van der Waals surface area (Å²) in [5.41, 5.74) is 0.557. The lowest BCUT2D eigenvalue weighted by Crippen LogP contribution is -2.47. The zero-order valence-corrected chi connectivity index (χ0v) is 26.8. The standard InChI is InChI=1S/C31H36F2N8O5S/c1-2-45-22-6-4-21(5-7-22)35-17-24(27(34)28-23(32)8-9-26(33)39-28)37-29(42)25-19-47-30(38-25)20-16-36-41(18-20)31(43)46-13-3-10-40-11-14-44-15-12-40/h8-9,16-19,22,34H,2-7,10-15H2,1H3,(H,37,42)/p+1/b24-17+,34-27?,35-21?. The molecule has 0 radical (unpaired) electrons. The van der Waals surface area contributed by atoms with Crippen LogP contribution in [0, 0.1) is 11.8 Å². The van der Waals surface area contributed by atoms with Crippen molar-refractivity contribution in [3.8, 4) is 10.6 Å². The zero-order chi connectivity index (χ0) is 33.2. The molecule has 2 aliphatic rings. The number of ether oxygens (including phenoxy) is 3. The first-order valence-corrected chi connectivity index (χ1v) is 16.3. The van der Waals surface area contributed by atoms with Crippen molar-refractivity contribution in [2.24, 2.45) is 4.99 Å². The molecular weight excluding hydrogens is 634 g/mol. The van der Waals surface area contributed by atoms with Crippen LogP contribution in [0.4, 0.5) is 13.6 Å². The number of morpholine rings is 1. The van der Waals surface area contributed by atoms with E-state index in [1.807, 2.05) is 6.92 Å². The highest BCUT2D eigenvalue weighted by Gasteiger charge is 2.25. The third kappa shape index (κ3) is 9.41. The van der Waals surface area contributed by atoms with Gasteiger partial charge in [0.25, 0.3) is 11.6 Å². The summed E-state index contributed by atoms with van der Waals surface area (Å²) in [6.07, 6.45) is 7.41. The van der Waals surface area contributed by atoms with Gasteiger partial charge in [0.1, 0.15) is 16.4 Å². The monoisotopic (exact) mass is 671 g/mol. The van der Waals surface area contributed by atoms with Crippen molar-refractivity contribution in [3.05, 3.63) is 65.0 Å². The molecule has 0 atom stereocenters. The van der Waals surface area contributed by atoms with Gasteiger partial charge >= 0.3 is 6.09 Å². The molecular formula is C31H37F2N8O5S+. The number of aliphatic imine (C=N–C) groups is 1. The second-order valence-electron chi connectivity index (χ2n) is 10.9. The molecule has 3 aromatic heterocycles. The third-order valence-corrected chi connectivity index (χ3v) is 8.49. The second-order valence-corrected chi connectivity index (χ2v) is 11.7. The van der Waals surface area contributed by atoms with Crippen LogP contribution >= 0.6 is 11.3 Å². The first-order chi connectivity index (χ1) is 22.8. The van der Waals surface area contributed by atoms with Crippen molar-refractivity contribution in [2.75, 3.05) is 46.1 Å². The number of hydrogen-bond acceptors (Lipinski definition) is 11. The van der Waals surface area contributed by atoms with Gasteiger partial charge in [-0.2, -0.15) is 14.2 Å². The molecule has 3 N–H and O–H groups in total. The predicted octanol–water partition coefficient (Wildman–Crippen LogP) is 2.63. The lowest BCUT2D eigenvalue weighted by molar-refractivity contribution is -0.112. The molecule has 1 amide bonds. The number of allylic oxidation sites excluding steroid dienone is 1. The molecule has 0 unspecified atom stereocenters. The average molecular weight is 672 g/mol. The number of nitrogens with zero attached hydrogens (tertiary/aromatic N) is 6. The van der Waals surface area contributed by atoms with Crippen LogP contribution in [0.5, 0.6) is 0 Å². The van der Waals surface area contributed by atoms with Crippen LogP contribution in [0.15, 0.2) is 46.8 Å². The quantitative estimate of drug-likeness (QED) is 0.168. The van der Waals surface area contributed by atoms with Crippen LogP contribution in [0.1, 0.15) is 55.2 Å². The first kappa shape index (κ1) is 34.1. The molecule has 16 heteroatoms. The normalized spacial score (nSPS) is 17.4. The first-order valence-electron chi connectivity index (χ1n) is 15.4. The number of thiazole rings is 1. The van der Waals surface area contributed by atoms with E-state index in [1.165, 1.54) is 24.0 Å². The Morgan fingerprint density at radius 2 is 2.00 bits per heavy atom. The molecule has 3 aromatic rings. The van der Waals surface area contributed by atoms with Gasteiger partial charge in [-0.15, -0.1) is 11.3 Å². The summed E-state index contributed by atoms with van der Waals surface area (Å²) in [6.45, 7) is 6.77. The number of hydrogen-bond donors (Lipinski definition) is 2. The Kier molecular flexibility index (Phi) is 12.0. The summed E-state index contributed by atoms with van der Waals surface area (Å²) < 4.78 is 45.9. The highest BCUT2D eigenvalue weighted by atomic mass is 32.1. The maximum atomic E-state index is 14.6. The maximum absolute atomic E-state index is 14.6. The molecule has 4 heterocycles. The summed E-state index contributed by atoms with van der Waals surface area (Å²) in [6, 6.07) is 1.77. The molecule has 2 fully saturated rings. The summed E-state index contributed by atoms with van der Waals surface area (Å²) >= 11 is 1.16. The lowest BCUT2D eigenvalue weighted by Gasteiger charge is -2.26. The van der Waals surface area contributed by atoms with Crippen molar-refractivity contribution in [1.82, 2.24) is 30.0 Å². The second kappa shape index (κ2) is 16.5. The number of rotatable bonds is 12. The predicted molar refractivity (Wildman–Crippen MR) is 169 cm³/mol. The fraction of sp³-hybridized carbons (Fsp3) is 0.452. The lowest BCUT2D eigenvalue weighted by atomic mass is 9.95. The molecule has 5 rings (SSSR count). The molecule has 1 aliphatic heterocycles. The van der Waals surface area contributed by atoms with Gasteiger partial charge in [0.05, 0.1) is 38.3 Å². The highest BCUT2D eigenvalue weighted by Crippen LogP contribution is 2.24. The van der Waals surface area contributed by atoms with Crippen LogP contribution < -0.4 is 10.7 Å². The Morgan fingerprint density at radius 3 is 2.77 bits per heavy atom. The van der Waals surface area contributed by atoms with Gasteiger partial charge in [0, 0.05) is 49.1 Å². The average Bonchev–Trinajstić information content (AvgIpc) is 3.78. The molecule has 13 nitrogen and oxygen atoms in total. The summed E-state index contributed by atoms with van der Waals surface area (Å²) in [7, 11) is 0. The zero-order valence-electron chi connectivity index (χ0n) is 26.0.